The van der Waals surface area contributed by atoms with Gasteiger partial charge in [0.2, 0.25) is 0 Å². The Morgan fingerprint density at radius 3 is 2.00 bits per heavy atom. The van der Waals surface area contributed by atoms with Crippen molar-refractivity contribution in [3.05, 3.63) is 71.8 Å². The Hall–Kier alpha value is -2.02. The molecule has 4 nitrogen and oxygen atoms in total. The minimum Gasteiger partial charge on any atom is -0.458 e. The third kappa shape index (κ3) is 5.86. The van der Waals surface area contributed by atoms with Gasteiger partial charge in [-0.25, -0.2) is 9.59 Å². The second-order valence-corrected chi connectivity index (χ2v) is 4.09. The molecule has 0 fully saturated rings. The first-order valence-corrected chi connectivity index (χ1v) is 6.17. The number of esters is 2. The monoisotopic (exact) mass is 277 g/mol. The van der Waals surface area contributed by atoms with Crippen LogP contribution in [0.2, 0.25) is 0 Å². The van der Waals surface area contributed by atoms with Gasteiger partial charge in [0.15, 0.2) is 6.61 Å². The fourth-order valence-corrected chi connectivity index (χ4v) is 1.56. The van der Waals surface area contributed by atoms with Gasteiger partial charge in [0.1, 0.15) is 6.61 Å². The van der Waals surface area contributed by atoms with Crippen LogP contribution in [0.25, 0.3) is 0 Å². The van der Waals surface area contributed by atoms with Gasteiger partial charge in [-0.2, -0.15) is 0 Å². The number of carbonyl (C=O) groups excluding carboxylic acids is 2. The maximum absolute atomic E-state index is 11.6. The Balaban J connectivity index is 0.00000220. The van der Waals surface area contributed by atoms with Crippen molar-refractivity contribution in [3.63, 3.8) is 0 Å². The van der Waals surface area contributed by atoms with E-state index in [4.69, 9.17) is 9.47 Å². The summed E-state index contributed by atoms with van der Waals surface area (Å²) in [5.74, 6) is -1.11. The minimum atomic E-state index is -0.571. The average molecular weight is 277 g/mol. The number of benzene rings is 2. The Labute approximate surface area is 135 Å². The molecule has 0 saturated carbocycles. The summed E-state index contributed by atoms with van der Waals surface area (Å²) < 4.78 is 9.86. The molecule has 0 atom stereocenters. The quantitative estimate of drug-likeness (QED) is 0.621. The van der Waals surface area contributed by atoms with Gasteiger partial charge in [0.05, 0.1) is 5.56 Å². The molecule has 0 saturated heterocycles. The molecule has 0 bridgehead atoms. The van der Waals surface area contributed by atoms with Crippen molar-refractivity contribution in [3.8, 4) is 0 Å². The molecular weight excluding hydrogens is 263 g/mol. The van der Waals surface area contributed by atoms with Crippen LogP contribution in [0.5, 0.6) is 0 Å². The summed E-state index contributed by atoms with van der Waals surface area (Å²) in [5, 5.41) is 0. The van der Waals surface area contributed by atoms with E-state index in [2.05, 4.69) is 0 Å². The predicted octanol–water partition coefficient (Wildman–Crippen LogP) is 2.21. The van der Waals surface area contributed by atoms with Gasteiger partial charge in [0, 0.05) is 18.9 Å². The van der Waals surface area contributed by atoms with Crippen LogP contribution in [0.15, 0.2) is 60.7 Å². The summed E-state index contributed by atoms with van der Waals surface area (Å²) in [4.78, 5) is 23.0. The van der Waals surface area contributed by atoms with Gasteiger partial charge in [-0.05, 0) is 17.7 Å². The Kier molecular flexibility index (Phi) is 7.31. The number of ether oxygens (including phenoxy) is 2. The second-order valence-electron chi connectivity index (χ2n) is 4.09. The van der Waals surface area contributed by atoms with Crippen LogP contribution in [-0.2, 0) is 20.9 Å². The summed E-state index contributed by atoms with van der Waals surface area (Å²) in [5.41, 5.74) is 1.29. The standard InChI is InChI=1S/C16H14O4.Li/c17-15(19-11-13-7-3-1-4-8-13)12-20-16(18)14-9-5-2-6-10-14;/h1-10H,11-12H2;. The average Bonchev–Trinajstić information content (AvgIpc) is 2.52. The van der Waals surface area contributed by atoms with Crippen LogP contribution in [0, 0.1) is 0 Å². The third-order valence-electron chi connectivity index (χ3n) is 2.57. The molecule has 0 N–H and O–H groups in total. The van der Waals surface area contributed by atoms with Crippen LogP contribution < -0.4 is 0 Å². The zero-order valence-corrected chi connectivity index (χ0v) is 11.8. The van der Waals surface area contributed by atoms with Crippen molar-refractivity contribution in [1.29, 1.82) is 0 Å². The van der Waals surface area contributed by atoms with Gasteiger partial charge >= 0.3 is 11.9 Å². The molecule has 103 valence electrons. The fraction of sp³-hybridized carbons (Fsp3) is 0.125. The number of carbonyl (C=O) groups is 2. The van der Waals surface area contributed by atoms with E-state index in [1.54, 1.807) is 30.3 Å². The maximum atomic E-state index is 11.6. The second kappa shape index (κ2) is 9.01. The third-order valence-corrected chi connectivity index (χ3v) is 2.57. The molecule has 1 radical (unpaired) electrons. The van der Waals surface area contributed by atoms with E-state index in [1.807, 2.05) is 30.3 Å². The van der Waals surface area contributed by atoms with Gasteiger partial charge in [-0.1, -0.05) is 48.5 Å². The molecule has 2 aromatic carbocycles. The van der Waals surface area contributed by atoms with Gasteiger partial charge < -0.3 is 9.47 Å². The van der Waals surface area contributed by atoms with Crippen LogP contribution in [0.3, 0.4) is 0 Å². The first-order valence-electron chi connectivity index (χ1n) is 6.17. The molecule has 0 aliphatic heterocycles. The molecular formula is C16H14LiO4. The molecule has 0 unspecified atom stereocenters. The molecule has 2 rings (SSSR count). The largest absolute Gasteiger partial charge is 0.458 e. The molecule has 2 aromatic rings. The molecule has 0 aliphatic carbocycles. The summed E-state index contributed by atoms with van der Waals surface area (Å²) in [6.45, 7) is -0.219. The Morgan fingerprint density at radius 2 is 1.38 bits per heavy atom. The van der Waals surface area contributed by atoms with Crippen molar-refractivity contribution in [1.82, 2.24) is 0 Å². The van der Waals surface area contributed by atoms with Crippen LogP contribution in [0.1, 0.15) is 15.9 Å². The van der Waals surface area contributed by atoms with Crippen LogP contribution in [0.4, 0.5) is 0 Å². The van der Waals surface area contributed by atoms with Crippen molar-refractivity contribution in [2.75, 3.05) is 6.61 Å². The Bertz CT molecular complexity index is 569. The SMILES string of the molecule is O=C(COC(=O)c1ccccc1)OCc1ccccc1.[Li]. The van der Waals surface area contributed by atoms with Crippen molar-refractivity contribution < 1.29 is 19.1 Å². The smallest absolute Gasteiger partial charge is 0.344 e. The number of hydrogen-bond acceptors (Lipinski definition) is 4. The minimum absolute atomic E-state index is 0. The van der Waals surface area contributed by atoms with E-state index in [0.29, 0.717) is 5.56 Å². The van der Waals surface area contributed by atoms with Crippen LogP contribution in [-0.4, -0.2) is 37.4 Å². The van der Waals surface area contributed by atoms with Gasteiger partial charge in [-0.15, -0.1) is 0 Å². The molecule has 0 aliphatic rings. The molecule has 0 amide bonds. The Morgan fingerprint density at radius 1 is 0.810 bits per heavy atom. The topological polar surface area (TPSA) is 52.6 Å². The summed E-state index contributed by atoms with van der Waals surface area (Å²) in [6, 6.07) is 17.8. The van der Waals surface area contributed by atoms with E-state index in [0.717, 1.165) is 5.56 Å². The van der Waals surface area contributed by atoms with Crippen molar-refractivity contribution in [2.24, 2.45) is 0 Å². The maximum Gasteiger partial charge on any atom is 0.344 e. The van der Waals surface area contributed by atoms with Gasteiger partial charge in [0.25, 0.3) is 0 Å². The molecule has 21 heavy (non-hydrogen) atoms. The fourth-order valence-electron chi connectivity index (χ4n) is 1.56. The first kappa shape index (κ1) is 17.0. The zero-order chi connectivity index (χ0) is 14.2. The zero-order valence-electron chi connectivity index (χ0n) is 11.8. The van der Waals surface area contributed by atoms with E-state index in [1.165, 1.54) is 0 Å². The molecule has 0 aromatic heterocycles. The number of hydrogen-bond donors (Lipinski definition) is 0. The van der Waals surface area contributed by atoms with E-state index < -0.39 is 11.9 Å². The van der Waals surface area contributed by atoms with Crippen molar-refractivity contribution in [2.45, 2.75) is 6.61 Å². The van der Waals surface area contributed by atoms with E-state index in [9.17, 15) is 9.59 Å². The van der Waals surface area contributed by atoms with Gasteiger partial charge in [-0.3, -0.25) is 0 Å². The normalized spacial score (nSPS) is 9.33. The first-order chi connectivity index (χ1) is 9.75. The van der Waals surface area contributed by atoms with E-state index >= 15 is 0 Å². The molecule has 0 spiro atoms. The summed E-state index contributed by atoms with van der Waals surface area (Å²) >= 11 is 0. The molecule has 0 heterocycles. The summed E-state index contributed by atoms with van der Waals surface area (Å²) in [7, 11) is 0. The number of rotatable bonds is 5. The van der Waals surface area contributed by atoms with Crippen LogP contribution >= 0.6 is 0 Å². The predicted molar refractivity (Wildman–Crippen MR) is 78.7 cm³/mol. The van der Waals surface area contributed by atoms with Crippen molar-refractivity contribution >= 4 is 30.8 Å². The molecule has 5 heteroatoms. The van der Waals surface area contributed by atoms with E-state index in [-0.39, 0.29) is 32.1 Å². The summed E-state index contributed by atoms with van der Waals surface area (Å²) in [6.07, 6.45) is 0.